The van der Waals surface area contributed by atoms with Crippen LogP contribution in [0.2, 0.25) is 0 Å². The van der Waals surface area contributed by atoms with E-state index in [-0.39, 0.29) is 0 Å². The monoisotopic (exact) mass is 430 g/mol. The van der Waals surface area contributed by atoms with E-state index in [1.54, 1.807) is 6.20 Å². The molecule has 7 nitrogen and oxygen atoms in total. The smallest absolute Gasteiger partial charge is 0.326 e. The van der Waals surface area contributed by atoms with Gasteiger partial charge in [-0.2, -0.15) is 4.40 Å². The Bertz CT molecular complexity index is 1570. The highest BCUT2D eigenvalue weighted by molar-refractivity contribution is 5.93. The average Bonchev–Trinajstić information content (AvgIpc) is 3.30. The first-order chi connectivity index (χ1) is 16.3. The van der Waals surface area contributed by atoms with Crippen molar-refractivity contribution >= 4 is 16.6 Å². The maximum Gasteiger partial charge on any atom is 0.332 e. The highest BCUT2D eigenvalue weighted by atomic mass is 15.4. The van der Waals surface area contributed by atoms with E-state index in [9.17, 15) is 0 Å². The Morgan fingerprint density at radius 2 is 1.73 bits per heavy atom. The fourth-order valence-electron chi connectivity index (χ4n) is 4.05. The van der Waals surface area contributed by atoms with Crippen molar-refractivity contribution in [2.45, 2.75) is 6.54 Å². The van der Waals surface area contributed by atoms with Gasteiger partial charge >= 0.3 is 5.82 Å². The molecule has 0 aliphatic carbocycles. The standard InChI is InChI=1S/C26H20N7/c27-15-18-6-8-21(9-7-18)33-26-22-14-20(19-4-2-1-3-5-19)16-29-23(22)11-13-32(26)25(31-33)24-10-12-28-17-30-24/h1-14,16-17H,15,27H2/q+1. The van der Waals surface area contributed by atoms with Crippen LogP contribution in [-0.2, 0) is 6.54 Å². The van der Waals surface area contributed by atoms with Gasteiger partial charge in [0.05, 0.1) is 22.2 Å². The molecule has 0 aliphatic rings. The van der Waals surface area contributed by atoms with E-state index in [0.717, 1.165) is 50.4 Å². The minimum absolute atomic E-state index is 0.494. The van der Waals surface area contributed by atoms with E-state index < -0.39 is 0 Å². The van der Waals surface area contributed by atoms with Crippen molar-refractivity contribution in [2.24, 2.45) is 5.73 Å². The molecule has 0 unspecified atom stereocenters. The molecule has 2 aromatic carbocycles. The summed E-state index contributed by atoms with van der Waals surface area (Å²) in [6, 6.07) is 24.4. The lowest BCUT2D eigenvalue weighted by atomic mass is 10.1. The quantitative estimate of drug-likeness (QED) is 0.431. The van der Waals surface area contributed by atoms with Crippen molar-refractivity contribution < 1.29 is 4.40 Å². The Labute approximate surface area is 189 Å². The molecule has 0 bridgehead atoms. The number of hydrogen-bond acceptors (Lipinski definition) is 5. The van der Waals surface area contributed by atoms with E-state index in [1.807, 2.05) is 71.7 Å². The van der Waals surface area contributed by atoms with Gasteiger partial charge in [-0.3, -0.25) is 4.98 Å². The Morgan fingerprint density at radius 1 is 0.879 bits per heavy atom. The van der Waals surface area contributed by atoms with Crippen molar-refractivity contribution in [3.8, 4) is 28.3 Å². The van der Waals surface area contributed by atoms with Gasteiger partial charge in [0, 0.05) is 24.5 Å². The van der Waals surface area contributed by atoms with E-state index in [4.69, 9.17) is 15.8 Å². The van der Waals surface area contributed by atoms with Crippen molar-refractivity contribution in [2.75, 3.05) is 0 Å². The summed E-state index contributed by atoms with van der Waals surface area (Å²) in [4.78, 5) is 13.2. The minimum Gasteiger partial charge on any atom is -0.326 e. The normalized spacial score (nSPS) is 11.3. The zero-order valence-electron chi connectivity index (χ0n) is 17.7. The molecular weight excluding hydrogens is 410 g/mol. The number of hydrogen-bond donors (Lipinski definition) is 1. The second-order valence-electron chi connectivity index (χ2n) is 7.73. The summed E-state index contributed by atoms with van der Waals surface area (Å²) in [7, 11) is 0. The van der Waals surface area contributed by atoms with Gasteiger partial charge in [0.2, 0.25) is 0 Å². The van der Waals surface area contributed by atoms with Crippen LogP contribution >= 0.6 is 0 Å². The SMILES string of the molecule is NCc1ccc(-n2nc(-c3ccncn3)[n+]3ccc4ncc(-c5ccccc5)cc4c23)cc1. The Balaban J connectivity index is 1.68. The van der Waals surface area contributed by atoms with Crippen molar-refractivity contribution in [3.05, 3.63) is 103 Å². The number of aromatic nitrogens is 6. The molecule has 7 heteroatoms. The molecule has 0 spiro atoms. The molecule has 2 N–H and O–H groups in total. The van der Waals surface area contributed by atoms with Gasteiger partial charge in [0.1, 0.15) is 17.7 Å². The van der Waals surface area contributed by atoms with Crippen molar-refractivity contribution in [1.82, 2.24) is 24.7 Å². The molecule has 6 aromatic rings. The van der Waals surface area contributed by atoms with Crippen LogP contribution in [0.15, 0.2) is 97.7 Å². The first kappa shape index (κ1) is 19.2. The van der Waals surface area contributed by atoms with E-state index in [0.29, 0.717) is 6.54 Å². The third kappa shape index (κ3) is 3.31. The van der Waals surface area contributed by atoms with E-state index in [1.165, 1.54) is 6.33 Å². The van der Waals surface area contributed by atoms with Gasteiger partial charge in [-0.15, -0.1) is 0 Å². The maximum absolute atomic E-state index is 5.81. The molecule has 0 amide bonds. The Kier molecular flexibility index (Phi) is 4.59. The predicted octanol–water partition coefficient (Wildman–Crippen LogP) is 3.74. The van der Waals surface area contributed by atoms with E-state index >= 15 is 0 Å². The highest BCUT2D eigenvalue weighted by Crippen LogP contribution is 2.26. The summed E-state index contributed by atoms with van der Waals surface area (Å²) < 4.78 is 3.99. The van der Waals surface area contributed by atoms with Gasteiger partial charge < -0.3 is 5.73 Å². The lowest BCUT2D eigenvalue weighted by Crippen LogP contribution is -2.23. The summed E-state index contributed by atoms with van der Waals surface area (Å²) in [5.74, 6) is 0.724. The molecule has 6 rings (SSSR count). The third-order valence-electron chi connectivity index (χ3n) is 5.73. The van der Waals surface area contributed by atoms with Gasteiger partial charge in [-0.05, 0) is 41.5 Å². The van der Waals surface area contributed by atoms with Crippen LogP contribution in [0.25, 0.3) is 44.9 Å². The molecule has 4 aromatic heterocycles. The molecule has 4 heterocycles. The van der Waals surface area contributed by atoms with Crippen LogP contribution in [0, 0.1) is 0 Å². The van der Waals surface area contributed by atoms with Crippen LogP contribution in [0.1, 0.15) is 5.56 Å². The van der Waals surface area contributed by atoms with Gasteiger partial charge in [0.25, 0.3) is 5.65 Å². The molecular formula is C26H20N7+. The van der Waals surface area contributed by atoms with Crippen LogP contribution in [-0.4, -0.2) is 24.7 Å². The second-order valence-corrected chi connectivity index (χ2v) is 7.73. The first-order valence-electron chi connectivity index (χ1n) is 10.7. The predicted molar refractivity (Wildman–Crippen MR) is 126 cm³/mol. The zero-order valence-corrected chi connectivity index (χ0v) is 17.7. The first-order valence-corrected chi connectivity index (χ1v) is 10.7. The number of rotatable bonds is 4. The molecule has 0 saturated carbocycles. The zero-order chi connectivity index (χ0) is 22.2. The van der Waals surface area contributed by atoms with Gasteiger partial charge in [-0.25, -0.2) is 9.97 Å². The van der Waals surface area contributed by atoms with Crippen LogP contribution in [0.3, 0.4) is 0 Å². The molecule has 0 saturated heterocycles. The number of nitrogens with zero attached hydrogens (tertiary/aromatic N) is 6. The lowest BCUT2D eigenvalue weighted by Gasteiger charge is -2.04. The Hall–Kier alpha value is -4.49. The Morgan fingerprint density at radius 3 is 2.48 bits per heavy atom. The average molecular weight is 430 g/mol. The summed E-state index contributed by atoms with van der Waals surface area (Å²) in [6.45, 7) is 0.494. The molecule has 33 heavy (non-hydrogen) atoms. The van der Waals surface area contributed by atoms with Crippen LogP contribution in [0.5, 0.6) is 0 Å². The van der Waals surface area contributed by atoms with Crippen LogP contribution in [0.4, 0.5) is 0 Å². The number of benzene rings is 2. The number of fused-ring (bicyclic) bond motifs is 3. The minimum atomic E-state index is 0.494. The highest BCUT2D eigenvalue weighted by Gasteiger charge is 2.26. The number of pyridine rings is 2. The van der Waals surface area contributed by atoms with Gasteiger partial charge in [-0.1, -0.05) is 47.1 Å². The van der Waals surface area contributed by atoms with Crippen LogP contribution < -0.4 is 10.1 Å². The largest absolute Gasteiger partial charge is 0.332 e. The summed E-state index contributed by atoms with van der Waals surface area (Å²) in [5.41, 5.74) is 12.5. The van der Waals surface area contributed by atoms with E-state index in [2.05, 4.69) is 32.6 Å². The van der Waals surface area contributed by atoms with Gasteiger partial charge in [0.15, 0.2) is 0 Å². The number of nitrogens with two attached hydrogens (primary N) is 1. The maximum atomic E-state index is 5.81. The summed E-state index contributed by atoms with van der Waals surface area (Å²) in [6.07, 6.45) is 7.16. The second kappa shape index (κ2) is 7.89. The molecule has 0 fully saturated rings. The fraction of sp³-hybridized carbons (Fsp3) is 0.0385. The fourth-order valence-corrected chi connectivity index (χ4v) is 4.05. The third-order valence-corrected chi connectivity index (χ3v) is 5.73. The van der Waals surface area contributed by atoms with Crippen molar-refractivity contribution in [1.29, 1.82) is 0 Å². The molecule has 0 atom stereocenters. The van der Waals surface area contributed by atoms with Crippen molar-refractivity contribution in [3.63, 3.8) is 0 Å². The molecule has 158 valence electrons. The summed E-state index contributed by atoms with van der Waals surface area (Å²) >= 11 is 0. The summed E-state index contributed by atoms with van der Waals surface area (Å²) in [5, 5.41) is 5.96. The topological polar surface area (TPSA) is 86.6 Å². The lowest BCUT2D eigenvalue weighted by molar-refractivity contribution is -0.498. The molecule has 0 radical (unpaired) electrons. The molecule has 0 aliphatic heterocycles.